The monoisotopic (exact) mass is 400 g/mol. The summed E-state index contributed by atoms with van der Waals surface area (Å²) in [5.41, 5.74) is 2.89. The Bertz CT molecular complexity index is 1220. The molecule has 0 unspecified atom stereocenters. The number of esters is 2. The molecule has 0 saturated heterocycles. The summed E-state index contributed by atoms with van der Waals surface area (Å²) in [6.07, 6.45) is 0. The van der Waals surface area contributed by atoms with Crippen molar-refractivity contribution in [2.75, 3.05) is 6.61 Å². The summed E-state index contributed by atoms with van der Waals surface area (Å²) in [6, 6.07) is 21.5. The number of rotatable bonds is 5. The third kappa shape index (κ3) is 3.70. The number of furan rings is 1. The third-order valence-electron chi connectivity index (χ3n) is 4.75. The van der Waals surface area contributed by atoms with Crippen molar-refractivity contribution < 1.29 is 23.5 Å². The molecule has 4 aromatic rings. The van der Waals surface area contributed by atoms with Crippen LogP contribution in [-0.4, -0.2) is 18.5 Å². The molecule has 1 heterocycles. The highest BCUT2D eigenvalue weighted by Crippen LogP contribution is 2.36. The highest BCUT2D eigenvalue weighted by atomic mass is 16.5. The lowest BCUT2D eigenvalue weighted by molar-refractivity contribution is 0.0528. The van der Waals surface area contributed by atoms with E-state index in [1.165, 1.54) is 0 Å². The Labute approximate surface area is 173 Å². The van der Waals surface area contributed by atoms with Gasteiger partial charge in [0.15, 0.2) is 0 Å². The second-order valence-corrected chi connectivity index (χ2v) is 6.76. The maximum atomic E-state index is 12.7. The molecule has 0 aliphatic heterocycles. The molecule has 4 rings (SSSR count). The van der Waals surface area contributed by atoms with Crippen LogP contribution in [0.15, 0.2) is 77.2 Å². The molecular weight excluding hydrogens is 380 g/mol. The van der Waals surface area contributed by atoms with Crippen molar-refractivity contribution in [1.29, 1.82) is 0 Å². The fourth-order valence-corrected chi connectivity index (χ4v) is 3.30. The van der Waals surface area contributed by atoms with E-state index in [1.807, 2.05) is 49.4 Å². The van der Waals surface area contributed by atoms with Gasteiger partial charge in [-0.05, 0) is 43.7 Å². The van der Waals surface area contributed by atoms with E-state index in [1.54, 1.807) is 37.3 Å². The smallest absolute Gasteiger partial charge is 0.343 e. The molecule has 1 aromatic heterocycles. The largest absolute Gasteiger partial charge is 0.462 e. The average Bonchev–Trinajstić information content (AvgIpc) is 3.14. The van der Waals surface area contributed by atoms with Crippen LogP contribution in [0, 0.1) is 6.92 Å². The van der Waals surface area contributed by atoms with E-state index in [2.05, 4.69) is 0 Å². The molecule has 0 atom stereocenters. The summed E-state index contributed by atoms with van der Waals surface area (Å²) in [5.74, 6) is -0.206. The zero-order valence-corrected chi connectivity index (χ0v) is 16.7. The molecule has 3 aromatic carbocycles. The van der Waals surface area contributed by atoms with Crippen LogP contribution in [0.2, 0.25) is 0 Å². The quantitative estimate of drug-likeness (QED) is 0.313. The Balaban J connectivity index is 1.78. The topological polar surface area (TPSA) is 65.7 Å². The summed E-state index contributed by atoms with van der Waals surface area (Å²) < 4.78 is 16.8. The normalized spacial score (nSPS) is 10.7. The molecule has 0 radical (unpaired) electrons. The molecule has 0 aliphatic rings. The molecule has 0 spiro atoms. The second-order valence-electron chi connectivity index (χ2n) is 6.76. The Morgan fingerprint density at radius 1 is 0.900 bits per heavy atom. The van der Waals surface area contributed by atoms with Gasteiger partial charge in [0.2, 0.25) is 0 Å². The minimum Gasteiger partial charge on any atom is -0.462 e. The fraction of sp³-hybridized carbons (Fsp3) is 0.120. The van der Waals surface area contributed by atoms with Gasteiger partial charge in [-0.3, -0.25) is 0 Å². The first-order valence-corrected chi connectivity index (χ1v) is 9.65. The maximum absolute atomic E-state index is 12.7. The number of benzene rings is 3. The Hall–Kier alpha value is -3.86. The molecule has 0 bridgehead atoms. The van der Waals surface area contributed by atoms with E-state index < -0.39 is 11.9 Å². The zero-order valence-electron chi connectivity index (χ0n) is 16.7. The van der Waals surface area contributed by atoms with E-state index in [0.29, 0.717) is 33.6 Å². The van der Waals surface area contributed by atoms with Crippen LogP contribution >= 0.6 is 0 Å². The van der Waals surface area contributed by atoms with Gasteiger partial charge in [0, 0.05) is 10.9 Å². The number of fused-ring (bicyclic) bond motifs is 1. The molecule has 0 N–H and O–H groups in total. The highest BCUT2D eigenvalue weighted by molar-refractivity contribution is 6.09. The Kier molecular flexibility index (Phi) is 5.35. The molecule has 150 valence electrons. The molecule has 0 amide bonds. The van der Waals surface area contributed by atoms with Crippen LogP contribution in [0.4, 0.5) is 0 Å². The van der Waals surface area contributed by atoms with E-state index in [0.717, 1.165) is 11.1 Å². The fourth-order valence-electron chi connectivity index (χ4n) is 3.30. The van der Waals surface area contributed by atoms with Crippen LogP contribution < -0.4 is 4.74 Å². The van der Waals surface area contributed by atoms with Gasteiger partial charge < -0.3 is 13.9 Å². The van der Waals surface area contributed by atoms with Gasteiger partial charge in [0.05, 0.1) is 12.2 Å². The number of carbonyl (C=O) groups excluding carboxylic acids is 2. The molecular formula is C25H20O5. The van der Waals surface area contributed by atoms with Gasteiger partial charge in [-0.25, -0.2) is 9.59 Å². The molecule has 30 heavy (non-hydrogen) atoms. The van der Waals surface area contributed by atoms with E-state index in [4.69, 9.17) is 13.9 Å². The van der Waals surface area contributed by atoms with Crippen molar-refractivity contribution in [1.82, 2.24) is 0 Å². The molecule has 0 aliphatic carbocycles. The molecule has 0 fully saturated rings. The molecule has 0 saturated carbocycles. The highest BCUT2D eigenvalue weighted by Gasteiger charge is 2.24. The molecule has 5 nitrogen and oxygen atoms in total. The first-order valence-electron chi connectivity index (χ1n) is 9.65. The summed E-state index contributed by atoms with van der Waals surface area (Å²) in [4.78, 5) is 25.3. The lowest BCUT2D eigenvalue weighted by Crippen LogP contribution is -2.10. The summed E-state index contributed by atoms with van der Waals surface area (Å²) in [6.45, 7) is 3.83. The summed E-state index contributed by atoms with van der Waals surface area (Å²) >= 11 is 0. The van der Waals surface area contributed by atoms with Gasteiger partial charge in [0.1, 0.15) is 22.7 Å². The van der Waals surface area contributed by atoms with Gasteiger partial charge in [-0.15, -0.1) is 0 Å². The second kappa shape index (κ2) is 8.25. The van der Waals surface area contributed by atoms with Crippen LogP contribution in [-0.2, 0) is 4.74 Å². The number of carbonyl (C=O) groups is 2. The standard InChI is InChI=1S/C25H20O5/c1-3-28-25(27)22-20-15-18(29-24(26)19-12-8-7-9-16(19)2)13-14-21(20)30-23(22)17-10-5-4-6-11-17/h4-15H,3H2,1-2H3. The number of ether oxygens (including phenoxy) is 2. The molecule has 5 heteroatoms. The lowest BCUT2D eigenvalue weighted by atomic mass is 10.1. The van der Waals surface area contributed by atoms with E-state index in [-0.39, 0.29) is 6.61 Å². The number of hydrogen-bond donors (Lipinski definition) is 0. The Morgan fingerprint density at radius 3 is 2.37 bits per heavy atom. The van der Waals surface area contributed by atoms with Gasteiger partial charge in [-0.2, -0.15) is 0 Å². The SMILES string of the molecule is CCOC(=O)c1c(-c2ccccc2)oc2ccc(OC(=O)c3ccccc3C)cc12. The first kappa shape index (κ1) is 19.5. The summed E-state index contributed by atoms with van der Waals surface area (Å²) in [5, 5.41) is 0.530. The van der Waals surface area contributed by atoms with Gasteiger partial charge >= 0.3 is 11.9 Å². The van der Waals surface area contributed by atoms with Crippen molar-refractivity contribution in [2.45, 2.75) is 13.8 Å². The minimum atomic E-state index is -0.488. The van der Waals surface area contributed by atoms with E-state index >= 15 is 0 Å². The number of aryl methyl sites for hydroxylation is 1. The van der Waals surface area contributed by atoms with Crippen LogP contribution in [0.1, 0.15) is 33.2 Å². The van der Waals surface area contributed by atoms with Gasteiger partial charge in [0.25, 0.3) is 0 Å². The predicted octanol–water partition coefficient (Wildman–Crippen LogP) is 5.80. The minimum absolute atomic E-state index is 0.238. The summed E-state index contributed by atoms with van der Waals surface area (Å²) in [7, 11) is 0. The average molecular weight is 400 g/mol. The first-order chi connectivity index (χ1) is 14.6. The van der Waals surface area contributed by atoms with Crippen LogP contribution in [0.5, 0.6) is 5.75 Å². The van der Waals surface area contributed by atoms with Gasteiger partial charge in [-0.1, -0.05) is 48.5 Å². The predicted molar refractivity (Wildman–Crippen MR) is 114 cm³/mol. The third-order valence-corrected chi connectivity index (χ3v) is 4.75. The Morgan fingerprint density at radius 2 is 1.63 bits per heavy atom. The lowest BCUT2D eigenvalue weighted by Gasteiger charge is -2.07. The number of hydrogen-bond acceptors (Lipinski definition) is 5. The van der Waals surface area contributed by atoms with Crippen molar-refractivity contribution >= 4 is 22.9 Å². The van der Waals surface area contributed by atoms with Crippen molar-refractivity contribution in [3.63, 3.8) is 0 Å². The van der Waals surface area contributed by atoms with Crippen LogP contribution in [0.3, 0.4) is 0 Å². The maximum Gasteiger partial charge on any atom is 0.343 e. The van der Waals surface area contributed by atoms with Crippen molar-refractivity contribution in [3.8, 4) is 17.1 Å². The van der Waals surface area contributed by atoms with Crippen molar-refractivity contribution in [2.24, 2.45) is 0 Å². The van der Waals surface area contributed by atoms with Crippen LogP contribution in [0.25, 0.3) is 22.3 Å². The van der Waals surface area contributed by atoms with Crippen molar-refractivity contribution in [3.05, 3.63) is 89.5 Å². The van der Waals surface area contributed by atoms with E-state index in [9.17, 15) is 9.59 Å². The zero-order chi connectivity index (χ0) is 21.1.